The molecule has 0 saturated carbocycles. The van der Waals surface area contributed by atoms with Crippen LogP contribution in [0.3, 0.4) is 0 Å². The lowest BCUT2D eigenvalue weighted by atomic mass is 9.98. The molecular weight excluding hydrogens is 398 g/mol. The summed E-state index contributed by atoms with van der Waals surface area (Å²) in [6.07, 6.45) is 1.22. The molecule has 0 aromatic carbocycles. The molecule has 4 unspecified atom stereocenters. The number of carboxylic acids is 1. The normalized spacial score (nSPS) is 14.5. The number of rotatable bonds is 14. The van der Waals surface area contributed by atoms with Gasteiger partial charge in [0.15, 0.2) is 5.96 Å². The van der Waals surface area contributed by atoms with Crippen LogP contribution in [-0.4, -0.2) is 77.7 Å². The molecule has 0 rings (SSSR count). The van der Waals surface area contributed by atoms with E-state index < -0.39 is 55.0 Å². The topological polar surface area (TPSA) is 235 Å². The predicted octanol–water partition coefficient (Wildman–Crippen LogP) is -3.42. The number of carbonyl (C=O) groups excluding carboxylic acids is 3. The van der Waals surface area contributed by atoms with E-state index in [1.165, 1.54) is 0 Å². The van der Waals surface area contributed by atoms with Gasteiger partial charge in [0.2, 0.25) is 17.7 Å². The van der Waals surface area contributed by atoms with Crippen LogP contribution in [0.2, 0.25) is 0 Å². The van der Waals surface area contributed by atoms with Gasteiger partial charge in [0.1, 0.15) is 12.1 Å². The molecule has 0 aromatic rings. The van der Waals surface area contributed by atoms with E-state index in [0.29, 0.717) is 12.8 Å². The van der Waals surface area contributed by atoms with Gasteiger partial charge in [0, 0.05) is 6.54 Å². The van der Waals surface area contributed by atoms with Crippen molar-refractivity contribution >= 4 is 29.7 Å². The van der Waals surface area contributed by atoms with Gasteiger partial charge in [0.05, 0.1) is 19.2 Å². The first kappa shape index (κ1) is 27.1. The monoisotopic (exact) mass is 431 g/mol. The largest absolute Gasteiger partial charge is 0.480 e. The van der Waals surface area contributed by atoms with E-state index in [1.54, 1.807) is 0 Å². The number of aliphatic carboxylic acids is 1. The van der Waals surface area contributed by atoms with Gasteiger partial charge >= 0.3 is 5.97 Å². The molecular formula is C17H33N7O6. The van der Waals surface area contributed by atoms with Crippen molar-refractivity contribution in [1.82, 2.24) is 16.0 Å². The minimum Gasteiger partial charge on any atom is -0.480 e. The molecule has 3 amide bonds. The first-order valence-corrected chi connectivity index (χ1v) is 9.55. The summed E-state index contributed by atoms with van der Waals surface area (Å²) in [7, 11) is 0. The zero-order chi connectivity index (χ0) is 23.3. The Hall–Kier alpha value is -2.93. The van der Waals surface area contributed by atoms with Crippen molar-refractivity contribution in [2.24, 2.45) is 28.1 Å². The van der Waals surface area contributed by atoms with Gasteiger partial charge in [-0.3, -0.25) is 19.4 Å². The number of aliphatic imine (C=N–C) groups is 1. The van der Waals surface area contributed by atoms with E-state index in [1.807, 2.05) is 13.8 Å². The van der Waals surface area contributed by atoms with Crippen LogP contribution in [0, 0.1) is 5.92 Å². The van der Waals surface area contributed by atoms with Crippen LogP contribution < -0.4 is 33.2 Å². The Morgan fingerprint density at radius 2 is 1.70 bits per heavy atom. The van der Waals surface area contributed by atoms with Crippen LogP contribution in [0.15, 0.2) is 4.99 Å². The second-order valence-corrected chi connectivity index (χ2v) is 6.78. The molecule has 0 bridgehead atoms. The lowest BCUT2D eigenvalue weighted by Gasteiger charge is -2.23. The number of aliphatic hydroxyl groups excluding tert-OH is 1. The first-order chi connectivity index (χ1) is 14.0. The highest BCUT2D eigenvalue weighted by Crippen LogP contribution is 2.07. The number of nitrogens with zero attached hydrogens (tertiary/aromatic N) is 1. The number of aliphatic hydroxyl groups is 1. The van der Waals surface area contributed by atoms with Crippen LogP contribution in [0.25, 0.3) is 0 Å². The molecule has 0 radical (unpaired) electrons. The molecule has 172 valence electrons. The maximum absolute atomic E-state index is 12.5. The third kappa shape index (κ3) is 10.6. The van der Waals surface area contributed by atoms with Crippen LogP contribution in [0.4, 0.5) is 0 Å². The summed E-state index contributed by atoms with van der Waals surface area (Å²) in [5, 5.41) is 24.7. The number of nitrogens with one attached hydrogen (secondary N) is 3. The highest BCUT2D eigenvalue weighted by Gasteiger charge is 2.26. The molecule has 0 aliphatic rings. The van der Waals surface area contributed by atoms with Crippen molar-refractivity contribution in [3.05, 3.63) is 0 Å². The van der Waals surface area contributed by atoms with E-state index in [4.69, 9.17) is 27.4 Å². The first-order valence-electron chi connectivity index (χ1n) is 9.55. The Morgan fingerprint density at radius 1 is 1.07 bits per heavy atom. The van der Waals surface area contributed by atoms with Crippen molar-refractivity contribution in [3.8, 4) is 0 Å². The standard InChI is InChI=1S/C17H33N7O6/c1-3-9(2)13(18)15(28)24-10(5-4-6-21-17(19)20)14(27)22-7-12(26)23-11(8-25)16(29)30/h9-11,13,25H,3-8,18H2,1-2H3,(H,22,27)(H,23,26)(H,24,28)(H,29,30)(H4,19,20,21). The zero-order valence-electron chi connectivity index (χ0n) is 17.3. The van der Waals surface area contributed by atoms with E-state index >= 15 is 0 Å². The van der Waals surface area contributed by atoms with Gasteiger partial charge in [-0.1, -0.05) is 20.3 Å². The summed E-state index contributed by atoms with van der Waals surface area (Å²) in [5.41, 5.74) is 16.4. The van der Waals surface area contributed by atoms with E-state index in [0.717, 1.165) is 0 Å². The molecule has 13 nitrogen and oxygen atoms in total. The Bertz CT molecular complexity index is 624. The molecule has 4 atom stereocenters. The maximum atomic E-state index is 12.5. The third-order valence-corrected chi connectivity index (χ3v) is 4.38. The number of hydrogen-bond donors (Lipinski definition) is 8. The van der Waals surface area contributed by atoms with Crippen molar-refractivity contribution < 1.29 is 29.4 Å². The molecule has 0 saturated heterocycles. The molecule has 13 heteroatoms. The SMILES string of the molecule is CCC(C)C(N)C(=O)NC(CCCN=C(N)N)C(=O)NCC(=O)NC(CO)C(=O)O. The van der Waals surface area contributed by atoms with Gasteiger partial charge in [-0.05, 0) is 18.8 Å². The van der Waals surface area contributed by atoms with Gasteiger partial charge in [-0.25, -0.2) is 4.79 Å². The Kier molecular flexibility index (Phi) is 12.7. The van der Waals surface area contributed by atoms with Crippen molar-refractivity contribution in [3.63, 3.8) is 0 Å². The van der Waals surface area contributed by atoms with E-state index in [-0.39, 0.29) is 24.8 Å². The molecule has 0 spiro atoms. The Morgan fingerprint density at radius 3 is 2.20 bits per heavy atom. The highest BCUT2D eigenvalue weighted by atomic mass is 16.4. The van der Waals surface area contributed by atoms with E-state index in [9.17, 15) is 19.2 Å². The molecule has 0 heterocycles. The second kappa shape index (κ2) is 14.1. The van der Waals surface area contributed by atoms with Gasteiger partial charge in [-0.15, -0.1) is 0 Å². The highest BCUT2D eigenvalue weighted by molar-refractivity contribution is 5.92. The quantitative estimate of drug-likeness (QED) is 0.0775. The molecule has 0 aliphatic heterocycles. The fraction of sp³-hybridized carbons (Fsp3) is 0.706. The van der Waals surface area contributed by atoms with Gasteiger partial charge in [0.25, 0.3) is 0 Å². The number of nitrogens with two attached hydrogens (primary N) is 3. The number of guanidine groups is 1. The van der Waals surface area contributed by atoms with Crippen molar-refractivity contribution in [2.45, 2.75) is 51.2 Å². The summed E-state index contributed by atoms with van der Waals surface area (Å²) in [6.45, 7) is 2.58. The predicted molar refractivity (Wildman–Crippen MR) is 109 cm³/mol. The van der Waals surface area contributed by atoms with Crippen molar-refractivity contribution in [1.29, 1.82) is 0 Å². The number of carbonyl (C=O) groups is 4. The lowest BCUT2D eigenvalue weighted by Crippen LogP contribution is -2.54. The minimum absolute atomic E-state index is 0.104. The summed E-state index contributed by atoms with van der Waals surface area (Å²) < 4.78 is 0. The Labute approximate surface area is 174 Å². The van der Waals surface area contributed by atoms with Crippen LogP contribution in [0.5, 0.6) is 0 Å². The summed E-state index contributed by atoms with van der Waals surface area (Å²) in [5.74, 6) is -3.61. The fourth-order valence-corrected chi connectivity index (χ4v) is 2.27. The molecule has 30 heavy (non-hydrogen) atoms. The second-order valence-electron chi connectivity index (χ2n) is 6.78. The van der Waals surface area contributed by atoms with Crippen molar-refractivity contribution in [2.75, 3.05) is 19.7 Å². The molecule has 0 aliphatic carbocycles. The maximum Gasteiger partial charge on any atom is 0.328 e. The minimum atomic E-state index is -1.49. The summed E-state index contributed by atoms with van der Waals surface area (Å²) in [4.78, 5) is 51.2. The zero-order valence-corrected chi connectivity index (χ0v) is 17.3. The number of hydrogen-bond acceptors (Lipinski definition) is 7. The lowest BCUT2D eigenvalue weighted by molar-refractivity contribution is -0.142. The smallest absolute Gasteiger partial charge is 0.328 e. The molecule has 0 aromatic heterocycles. The molecule has 0 fully saturated rings. The fourth-order valence-electron chi connectivity index (χ4n) is 2.27. The van der Waals surface area contributed by atoms with Crippen LogP contribution >= 0.6 is 0 Å². The average molecular weight is 431 g/mol. The number of carboxylic acid groups (broad SMARTS) is 1. The van der Waals surface area contributed by atoms with Gasteiger partial charge in [-0.2, -0.15) is 0 Å². The average Bonchev–Trinajstić information content (AvgIpc) is 2.70. The van der Waals surface area contributed by atoms with E-state index in [2.05, 4.69) is 20.9 Å². The summed E-state index contributed by atoms with van der Waals surface area (Å²) >= 11 is 0. The molecule has 11 N–H and O–H groups in total. The van der Waals surface area contributed by atoms with Crippen LogP contribution in [0.1, 0.15) is 33.1 Å². The van der Waals surface area contributed by atoms with Gasteiger partial charge < -0.3 is 43.4 Å². The summed E-state index contributed by atoms with van der Waals surface area (Å²) in [6, 6.07) is -3.30. The number of amides is 3. The Balaban J connectivity index is 4.95. The van der Waals surface area contributed by atoms with Crippen LogP contribution in [-0.2, 0) is 19.2 Å². The third-order valence-electron chi connectivity index (χ3n) is 4.38.